The molecule has 0 saturated heterocycles. The largest absolute Gasteiger partial charge is 0.412 e. The van der Waals surface area contributed by atoms with Crippen molar-refractivity contribution < 1.29 is 14.3 Å². The highest BCUT2D eigenvalue weighted by Crippen LogP contribution is 2.22. The van der Waals surface area contributed by atoms with Crippen molar-refractivity contribution in [1.29, 1.82) is 0 Å². The fraction of sp³-hybridized carbons (Fsp3) is 0.143. The number of carbonyl (C=O) groups is 2. The van der Waals surface area contributed by atoms with Crippen molar-refractivity contribution in [3.05, 3.63) is 59.8 Å². The Morgan fingerprint density at radius 3 is 2.43 bits per heavy atom. The van der Waals surface area contributed by atoms with Crippen LogP contribution in [-0.4, -0.2) is 35.6 Å². The quantitative estimate of drug-likeness (QED) is 0.294. The molecule has 3 aromatic rings. The molecule has 0 atom stereocenters. The summed E-state index contributed by atoms with van der Waals surface area (Å²) in [5, 5.41) is 13.8. The molecule has 0 saturated carbocycles. The molecule has 9 nitrogen and oxygen atoms in total. The van der Waals surface area contributed by atoms with E-state index in [0.29, 0.717) is 28.7 Å². The molecular weight excluding hydrogens is 384 g/mol. The van der Waals surface area contributed by atoms with Crippen LogP contribution in [0.5, 0.6) is 5.75 Å². The highest BCUT2D eigenvalue weighted by atomic mass is 16.5. The first-order valence-corrected chi connectivity index (χ1v) is 9.14. The van der Waals surface area contributed by atoms with E-state index in [1.165, 1.54) is 7.05 Å². The number of fused-ring (bicyclic) bond motifs is 1. The molecule has 2 aromatic carbocycles. The summed E-state index contributed by atoms with van der Waals surface area (Å²) >= 11 is 0. The molecule has 0 aliphatic carbocycles. The smallest absolute Gasteiger partial charge is 0.410 e. The minimum atomic E-state index is -0.559. The molecule has 0 bridgehead atoms. The van der Waals surface area contributed by atoms with Gasteiger partial charge in [0.15, 0.2) is 0 Å². The maximum absolute atomic E-state index is 12.6. The van der Waals surface area contributed by atoms with Gasteiger partial charge in [0, 0.05) is 23.6 Å². The van der Waals surface area contributed by atoms with Crippen molar-refractivity contribution >= 4 is 40.1 Å². The highest BCUT2D eigenvalue weighted by Gasteiger charge is 2.11. The normalized spacial score (nSPS) is 12.0. The Kier molecular flexibility index (Phi) is 6.11. The molecule has 0 unspecified atom stereocenters. The van der Waals surface area contributed by atoms with E-state index in [9.17, 15) is 9.59 Å². The Labute approximate surface area is 173 Å². The number of anilines is 1. The first kappa shape index (κ1) is 20.6. The van der Waals surface area contributed by atoms with Gasteiger partial charge in [0.1, 0.15) is 17.3 Å². The number of carbonyl (C=O) groups excluding carboxylic acids is 2. The number of hydrogen-bond acceptors (Lipinski definition) is 5. The molecule has 0 radical (unpaired) electrons. The summed E-state index contributed by atoms with van der Waals surface area (Å²) in [7, 11) is 1.48. The molecule has 9 heteroatoms. The van der Waals surface area contributed by atoms with Crippen molar-refractivity contribution in [2.24, 2.45) is 15.9 Å². The van der Waals surface area contributed by atoms with Crippen molar-refractivity contribution in [1.82, 2.24) is 10.3 Å². The minimum absolute atomic E-state index is 0.290. The lowest BCUT2D eigenvalue weighted by Gasteiger charge is -2.05. The number of H-pyrrole nitrogens is 1. The van der Waals surface area contributed by atoms with Gasteiger partial charge in [-0.1, -0.05) is 12.1 Å². The molecule has 1 aromatic heterocycles. The minimum Gasteiger partial charge on any atom is -0.410 e. The first-order chi connectivity index (χ1) is 14.4. The lowest BCUT2D eigenvalue weighted by Crippen LogP contribution is -2.21. The van der Waals surface area contributed by atoms with E-state index in [1.807, 2.05) is 19.1 Å². The number of amidine groups is 1. The summed E-state index contributed by atoms with van der Waals surface area (Å²) in [6.45, 7) is 3.49. The SMILES string of the molecule is CNC(=O)Oc1ccc2[nH]c(C(=O)Nc3ccc(/C(C)=N/N=C(C)N)cc3)cc2c1. The van der Waals surface area contributed by atoms with E-state index in [0.717, 1.165) is 16.5 Å². The Bertz CT molecular complexity index is 1140. The zero-order chi connectivity index (χ0) is 21.7. The Morgan fingerprint density at radius 1 is 1.03 bits per heavy atom. The summed E-state index contributed by atoms with van der Waals surface area (Å²) in [6.07, 6.45) is -0.559. The number of nitrogens with zero attached hydrogens (tertiary/aromatic N) is 2. The standard InChI is InChI=1S/C21H22N6O3/c1-12(26-27-13(2)22)14-4-6-16(7-5-14)24-20(28)19-11-15-10-17(30-21(29)23-3)8-9-18(15)25-19/h4-11,25H,1-3H3,(H2,22,27)(H,23,29)(H,24,28)/b26-12+. The van der Waals surface area contributed by atoms with E-state index < -0.39 is 6.09 Å². The molecule has 3 rings (SSSR count). The summed E-state index contributed by atoms with van der Waals surface area (Å²) < 4.78 is 5.11. The second-order valence-corrected chi connectivity index (χ2v) is 6.53. The Hall–Kier alpha value is -4.14. The van der Waals surface area contributed by atoms with Crippen LogP contribution < -0.4 is 21.1 Å². The highest BCUT2D eigenvalue weighted by molar-refractivity contribution is 6.06. The molecule has 0 aliphatic heterocycles. The number of aromatic nitrogens is 1. The molecular formula is C21H22N6O3. The summed E-state index contributed by atoms with van der Waals surface area (Å²) in [6, 6.07) is 14.0. The summed E-state index contributed by atoms with van der Waals surface area (Å²) in [5.41, 5.74) is 8.84. The molecule has 5 N–H and O–H groups in total. The van der Waals surface area contributed by atoms with Crippen LogP contribution in [0.4, 0.5) is 10.5 Å². The van der Waals surface area contributed by atoms with Crippen LogP contribution in [0.3, 0.4) is 0 Å². The molecule has 2 amide bonds. The van der Waals surface area contributed by atoms with Crippen LogP contribution in [0, 0.1) is 0 Å². The summed E-state index contributed by atoms with van der Waals surface area (Å²) in [5.74, 6) is 0.472. The van der Waals surface area contributed by atoms with Gasteiger partial charge in [-0.3, -0.25) is 4.79 Å². The first-order valence-electron chi connectivity index (χ1n) is 9.14. The molecule has 0 aliphatic rings. The van der Waals surface area contributed by atoms with Crippen molar-refractivity contribution in [2.45, 2.75) is 13.8 Å². The third-order valence-corrected chi connectivity index (χ3v) is 4.17. The van der Waals surface area contributed by atoms with Gasteiger partial charge >= 0.3 is 6.09 Å². The van der Waals surface area contributed by atoms with Crippen LogP contribution in [0.1, 0.15) is 29.9 Å². The van der Waals surface area contributed by atoms with E-state index >= 15 is 0 Å². The van der Waals surface area contributed by atoms with Gasteiger partial charge in [-0.25, -0.2) is 4.79 Å². The second kappa shape index (κ2) is 8.91. The Balaban J connectivity index is 1.72. The molecule has 0 fully saturated rings. The van der Waals surface area contributed by atoms with Crippen LogP contribution in [0.2, 0.25) is 0 Å². The second-order valence-electron chi connectivity index (χ2n) is 6.53. The zero-order valence-corrected chi connectivity index (χ0v) is 16.8. The number of rotatable bonds is 5. The number of hydrogen-bond donors (Lipinski definition) is 4. The van der Waals surface area contributed by atoms with Gasteiger partial charge in [0.25, 0.3) is 5.91 Å². The van der Waals surface area contributed by atoms with Crippen LogP contribution in [-0.2, 0) is 0 Å². The van der Waals surface area contributed by atoms with Crippen LogP contribution in [0.15, 0.2) is 58.7 Å². The number of benzene rings is 2. The van der Waals surface area contributed by atoms with Gasteiger partial charge in [-0.15, -0.1) is 5.10 Å². The molecule has 1 heterocycles. The average Bonchev–Trinajstić information content (AvgIpc) is 3.16. The number of aromatic amines is 1. The predicted molar refractivity (Wildman–Crippen MR) is 117 cm³/mol. The zero-order valence-electron chi connectivity index (χ0n) is 16.8. The number of ether oxygens (including phenoxy) is 1. The predicted octanol–water partition coefficient (Wildman–Crippen LogP) is 3.24. The fourth-order valence-corrected chi connectivity index (χ4v) is 2.66. The van der Waals surface area contributed by atoms with Crippen molar-refractivity contribution in [2.75, 3.05) is 12.4 Å². The Morgan fingerprint density at radius 2 is 1.77 bits per heavy atom. The lowest BCUT2D eigenvalue weighted by molar-refractivity contribution is 0.102. The average molecular weight is 406 g/mol. The fourth-order valence-electron chi connectivity index (χ4n) is 2.66. The van der Waals surface area contributed by atoms with E-state index in [1.54, 1.807) is 43.3 Å². The number of amides is 2. The molecule has 30 heavy (non-hydrogen) atoms. The third-order valence-electron chi connectivity index (χ3n) is 4.17. The topological polar surface area (TPSA) is 134 Å². The van der Waals surface area contributed by atoms with Gasteiger partial charge in [0.05, 0.1) is 5.71 Å². The van der Waals surface area contributed by atoms with E-state index in [-0.39, 0.29) is 5.91 Å². The number of nitrogens with one attached hydrogen (secondary N) is 3. The van der Waals surface area contributed by atoms with Crippen molar-refractivity contribution in [3.63, 3.8) is 0 Å². The van der Waals surface area contributed by atoms with Gasteiger partial charge in [-0.05, 0) is 55.8 Å². The van der Waals surface area contributed by atoms with Gasteiger partial charge in [-0.2, -0.15) is 5.10 Å². The summed E-state index contributed by atoms with van der Waals surface area (Å²) in [4.78, 5) is 27.0. The maximum atomic E-state index is 12.6. The van der Waals surface area contributed by atoms with Gasteiger partial charge in [0.2, 0.25) is 0 Å². The maximum Gasteiger partial charge on any atom is 0.412 e. The van der Waals surface area contributed by atoms with Crippen LogP contribution in [0.25, 0.3) is 10.9 Å². The monoisotopic (exact) mass is 406 g/mol. The molecule has 0 spiro atoms. The van der Waals surface area contributed by atoms with Crippen molar-refractivity contribution in [3.8, 4) is 5.75 Å². The van der Waals surface area contributed by atoms with Crippen LogP contribution >= 0.6 is 0 Å². The van der Waals surface area contributed by atoms with E-state index in [4.69, 9.17) is 10.5 Å². The third kappa shape index (κ3) is 5.02. The molecule has 154 valence electrons. The van der Waals surface area contributed by atoms with E-state index in [2.05, 4.69) is 25.8 Å². The lowest BCUT2D eigenvalue weighted by atomic mass is 10.1. The number of nitrogens with two attached hydrogens (primary N) is 1. The van der Waals surface area contributed by atoms with Gasteiger partial charge < -0.3 is 26.1 Å².